The molecule has 1 amide bonds. The van der Waals surface area contributed by atoms with Crippen molar-refractivity contribution in [2.24, 2.45) is 5.92 Å². The summed E-state index contributed by atoms with van der Waals surface area (Å²) >= 11 is 1.32. The Kier molecular flexibility index (Phi) is 12.9. The average Bonchev–Trinajstić information content (AvgIpc) is 3.20. The number of hydrogen-bond donors (Lipinski definition) is 1. The van der Waals surface area contributed by atoms with Crippen molar-refractivity contribution in [2.45, 2.75) is 98.1 Å². The third kappa shape index (κ3) is 8.72. The van der Waals surface area contributed by atoms with Crippen LogP contribution in [0.3, 0.4) is 0 Å². The number of amides is 1. The first kappa shape index (κ1) is 26.6. The molecular formula is C23H40N2O4S. The van der Waals surface area contributed by atoms with Gasteiger partial charge in [0.1, 0.15) is 11.1 Å². The van der Waals surface area contributed by atoms with E-state index in [2.05, 4.69) is 37.6 Å². The molecule has 0 fully saturated rings. The van der Waals surface area contributed by atoms with Crippen molar-refractivity contribution in [3.63, 3.8) is 0 Å². The molecule has 0 bridgehead atoms. The van der Waals surface area contributed by atoms with Crippen molar-refractivity contribution in [3.8, 4) is 0 Å². The molecule has 1 N–H and O–H groups in total. The fourth-order valence-electron chi connectivity index (χ4n) is 3.61. The minimum atomic E-state index is -1.03. The number of rotatable bonds is 16. The minimum Gasteiger partial charge on any atom is -0.476 e. The van der Waals surface area contributed by atoms with Crippen LogP contribution >= 0.6 is 11.3 Å². The fraction of sp³-hybridized carbons (Fsp3) is 0.783. The largest absolute Gasteiger partial charge is 0.476 e. The van der Waals surface area contributed by atoms with Crippen molar-refractivity contribution >= 4 is 23.2 Å². The molecule has 0 aliphatic rings. The van der Waals surface area contributed by atoms with E-state index in [-0.39, 0.29) is 29.7 Å². The molecule has 172 valence electrons. The molecule has 0 spiro atoms. The average molecular weight is 441 g/mol. The normalized spacial score (nSPS) is 13.4. The lowest BCUT2D eigenvalue weighted by atomic mass is 9.95. The summed E-state index contributed by atoms with van der Waals surface area (Å²) in [6, 6.07) is 0.0321. The molecular weight excluding hydrogens is 400 g/mol. The van der Waals surface area contributed by atoms with Crippen molar-refractivity contribution < 1.29 is 19.4 Å². The lowest BCUT2D eigenvalue weighted by molar-refractivity contribution is -0.135. The number of carboxylic acids is 1. The van der Waals surface area contributed by atoms with Gasteiger partial charge in [0.25, 0.3) is 0 Å². The number of thiazole rings is 1. The summed E-state index contributed by atoms with van der Waals surface area (Å²) in [7, 11) is 0. The first-order valence-electron chi connectivity index (χ1n) is 11.4. The Hall–Kier alpha value is -1.47. The molecule has 0 aliphatic heterocycles. The van der Waals surface area contributed by atoms with Crippen LogP contribution in [0.15, 0.2) is 5.38 Å². The highest BCUT2D eigenvalue weighted by Crippen LogP contribution is 2.31. The third-order valence-electron chi connectivity index (χ3n) is 5.33. The summed E-state index contributed by atoms with van der Waals surface area (Å²) in [5, 5.41) is 11.4. The molecule has 0 aromatic carbocycles. The summed E-state index contributed by atoms with van der Waals surface area (Å²) < 4.78 is 5.97. The first-order chi connectivity index (χ1) is 14.3. The number of carbonyl (C=O) groups excluding carboxylic acids is 1. The standard InChI is InChI=1S/C23H40N2O4S/c1-6-9-11-12-14-25(21(26)13-10-7-2)19(17(4)5)15-20(29-8-3)22-24-18(16-30-22)23(27)28/h16-17,19-20H,6-15H2,1-5H3,(H,27,28). The second kappa shape index (κ2) is 14.5. The van der Waals surface area contributed by atoms with E-state index < -0.39 is 5.97 Å². The molecule has 1 aromatic heterocycles. The third-order valence-corrected chi connectivity index (χ3v) is 6.26. The number of ether oxygens (including phenoxy) is 1. The van der Waals surface area contributed by atoms with Gasteiger partial charge < -0.3 is 14.7 Å². The van der Waals surface area contributed by atoms with Crippen molar-refractivity contribution in [1.29, 1.82) is 0 Å². The van der Waals surface area contributed by atoms with Gasteiger partial charge in [0, 0.05) is 37.4 Å². The van der Waals surface area contributed by atoms with Crippen LogP contribution in [0.5, 0.6) is 0 Å². The van der Waals surface area contributed by atoms with Gasteiger partial charge in [-0.25, -0.2) is 9.78 Å². The van der Waals surface area contributed by atoms with E-state index in [1.807, 2.05) is 6.92 Å². The smallest absolute Gasteiger partial charge is 0.355 e. The topological polar surface area (TPSA) is 79.7 Å². The number of carboxylic acid groups (broad SMARTS) is 1. The van der Waals surface area contributed by atoms with Crippen molar-refractivity contribution in [2.75, 3.05) is 13.2 Å². The number of aromatic nitrogens is 1. The molecule has 0 radical (unpaired) electrons. The van der Waals surface area contributed by atoms with Gasteiger partial charge in [0.15, 0.2) is 5.69 Å². The van der Waals surface area contributed by atoms with E-state index in [0.29, 0.717) is 24.5 Å². The Labute approximate surface area is 186 Å². The highest BCUT2D eigenvalue weighted by Gasteiger charge is 2.30. The van der Waals surface area contributed by atoms with Crippen LogP contribution in [-0.4, -0.2) is 46.1 Å². The van der Waals surface area contributed by atoms with E-state index in [0.717, 1.165) is 32.2 Å². The van der Waals surface area contributed by atoms with E-state index in [9.17, 15) is 14.7 Å². The molecule has 6 nitrogen and oxygen atoms in total. The molecule has 2 unspecified atom stereocenters. The molecule has 0 saturated carbocycles. The minimum absolute atomic E-state index is 0.0321. The number of carbonyl (C=O) groups is 2. The van der Waals surface area contributed by atoms with E-state index >= 15 is 0 Å². The number of nitrogens with zero attached hydrogens (tertiary/aromatic N) is 2. The van der Waals surface area contributed by atoms with Crippen LogP contribution in [-0.2, 0) is 9.53 Å². The Morgan fingerprint density at radius 2 is 1.83 bits per heavy atom. The summed E-state index contributed by atoms with van der Waals surface area (Å²) in [4.78, 5) is 30.7. The van der Waals surface area contributed by atoms with Crippen LogP contribution in [0.4, 0.5) is 0 Å². The van der Waals surface area contributed by atoms with E-state index in [4.69, 9.17) is 4.74 Å². The monoisotopic (exact) mass is 440 g/mol. The zero-order chi connectivity index (χ0) is 22.5. The quantitative estimate of drug-likeness (QED) is 0.322. The summed E-state index contributed by atoms with van der Waals surface area (Å²) in [6.45, 7) is 11.8. The van der Waals surface area contributed by atoms with E-state index in [1.165, 1.54) is 24.2 Å². The van der Waals surface area contributed by atoms with Crippen LogP contribution in [0.1, 0.15) is 108 Å². The number of unbranched alkanes of at least 4 members (excludes halogenated alkanes) is 4. The first-order valence-corrected chi connectivity index (χ1v) is 12.3. The molecule has 2 atom stereocenters. The van der Waals surface area contributed by atoms with Crippen LogP contribution < -0.4 is 0 Å². The Balaban J connectivity index is 3.05. The molecule has 0 saturated heterocycles. The summed E-state index contributed by atoms with van der Waals surface area (Å²) in [6.07, 6.45) is 7.28. The van der Waals surface area contributed by atoms with Gasteiger partial charge in [-0.2, -0.15) is 0 Å². The maximum absolute atomic E-state index is 13.1. The zero-order valence-electron chi connectivity index (χ0n) is 19.4. The predicted molar refractivity (Wildman–Crippen MR) is 122 cm³/mol. The molecule has 30 heavy (non-hydrogen) atoms. The van der Waals surface area contributed by atoms with E-state index in [1.54, 1.807) is 5.38 Å². The fourth-order valence-corrected chi connectivity index (χ4v) is 4.46. The number of hydrogen-bond acceptors (Lipinski definition) is 5. The van der Waals surface area contributed by atoms with Gasteiger partial charge in [-0.1, -0.05) is 53.4 Å². The molecule has 7 heteroatoms. The summed E-state index contributed by atoms with van der Waals surface area (Å²) in [5.74, 6) is -0.545. The van der Waals surface area contributed by atoms with Gasteiger partial charge in [-0.3, -0.25) is 4.79 Å². The molecule has 1 heterocycles. The second-order valence-electron chi connectivity index (χ2n) is 8.12. The van der Waals surface area contributed by atoms with Crippen LogP contribution in [0.2, 0.25) is 0 Å². The van der Waals surface area contributed by atoms with Crippen molar-refractivity contribution in [1.82, 2.24) is 9.88 Å². The maximum atomic E-state index is 13.1. The van der Waals surface area contributed by atoms with Gasteiger partial charge in [0.2, 0.25) is 5.91 Å². The van der Waals surface area contributed by atoms with Crippen LogP contribution in [0.25, 0.3) is 0 Å². The Morgan fingerprint density at radius 1 is 1.13 bits per heavy atom. The van der Waals surface area contributed by atoms with Gasteiger partial charge in [0.05, 0.1) is 0 Å². The number of aromatic carboxylic acids is 1. The zero-order valence-corrected chi connectivity index (χ0v) is 20.2. The van der Waals surface area contributed by atoms with Crippen LogP contribution in [0, 0.1) is 5.92 Å². The predicted octanol–water partition coefficient (Wildman–Crippen LogP) is 5.93. The summed E-state index contributed by atoms with van der Waals surface area (Å²) in [5.41, 5.74) is 0.0521. The van der Waals surface area contributed by atoms with Gasteiger partial charge >= 0.3 is 5.97 Å². The van der Waals surface area contributed by atoms with Gasteiger partial charge in [-0.05, 0) is 25.7 Å². The van der Waals surface area contributed by atoms with Crippen molar-refractivity contribution in [3.05, 3.63) is 16.1 Å². The molecule has 0 aliphatic carbocycles. The molecule has 1 rings (SSSR count). The molecule has 1 aromatic rings. The highest BCUT2D eigenvalue weighted by molar-refractivity contribution is 7.09. The Morgan fingerprint density at radius 3 is 2.37 bits per heavy atom. The Bertz CT molecular complexity index is 632. The maximum Gasteiger partial charge on any atom is 0.355 e. The lowest BCUT2D eigenvalue weighted by Crippen LogP contribution is -2.45. The highest BCUT2D eigenvalue weighted by atomic mass is 32.1. The SMILES string of the molecule is CCCCCCN(C(=O)CCCC)C(CC(OCC)c1nc(C(=O)O)cs1)C(C)C. The van der Waals surface area contributed by atoms with Gasteiger partial charge in [-0.15, -0.1) is 11.3 Å². The lowest BCUT2D eigenvalue weighted by Gasteiger charge is -2.36. The second-order valence-corrected chi connectivity index (χ2v) is 9.01.